The summed E-state index contributed by atoms with van der Waals surface area (Å²) in [6, 6.07) is 8.04. The zero-order chi connectivity index (χ0) is 16.3. The fraction of sp³-hybridized carbons (Fsp3) is 0.333. The predicted molar refractivity (Wildman–Crippen MR) is 77.1 cm³/mol. The molecule has 0 saturated heterocycles. The molecule has 2 aromatic rings. The first-order valence-corrected chi connectivity index (χ1v) is 6.80. The van der Waals surface area contributed by atoms with Gasteiger partial charge in [-0.1, -0.05) is 44.2 Å². The van der Waals surface area contributed by atoms with Crippen molar-refractivity contribution in [3.05, 3.63) is 36.0 Å². The zero-order valence-corrected chi connectivity index (χ0v) is 12.2. The number of anilines is 1. The molecule has 22 heavy (non-hydrogen) atoms. The molecule has 0 aliphatic carbocycles. The second-order valence-electron chi connectivity index (χ2n) is 5.33. The second-order valence-corrected chi connectivity index (χ2v) is 5.33. The molecule has 0 aliphatic rings. The highest BCUT2D eigenvalue weighted by molar-refractivity contribution is 5.94. The van der Waals surface area contributed by atoms with Crippen molar-refractivity contribution in [3.8, 4) is 11.1 Å². The van der Waals surface area contributed by atoms with Crippen molar-refractivity contribution in [3.63, 3.8) is 0 Å². The highest BCUT2D eigenvalue weighted by Gasteiger charge is 2.38. The van der Waals surface area contributed by atoms with Crippen LogP contribution in [-0.4, -0.2) is 16.1 Å². The second kappa shape index (κ2) is 6.21. The van der Waals surface area contributed by atoms with Gasteiger partial charge < -0.3 is 5.32 Å². The Balaban J connectivity index is 2.43. The Morgan fingerprint density at radius 2 is 1.91 bits per heavy atom. The van der Waals surface area contributed by atoms with E-state index in [0.717, 1.165) is 0 Å². The average Bonchev–Trinajstić information content (AvgIpc) is 2.82. The van der Waals surface area contributed by atoms with Crippen LogP contribution in [0.2, 0.25) is 0 Å². The summed E-state index contributed by atoms with van der Waals surface area (Å²) in [6.07, 6.45) is -4.37. The molecular weight excluding hydrogens is 295 g/mol. The molecule has 1 aromatic carbocycles. The number of hydrogen-bond donors (Lipinski definition) is 2. The molecule has 2 rings (SSSR count). The molecule has 118 valence electrons. The normalized spacial score (nSPS) is 11.7. The van der Waals surface area contributed by atoms with Crippen LogP contribution in [0.1, 0.15) is 26.0 Å². The standard InChI is InChI=1S/C15H16F3N3O/c1-9(2)8-11(22)19-14-12(10-6-4-3-5-7-10)13(20-21-14)15(16,17)18/h3-7,9H,8H2,1-2H3,(H2,19,20,21,22). The summed E-state index contributed by atoms with van der Waals surface area (Å²) >= 11 is 0. The number of carbonyl (C=O) groups is 1. The molecule has 0 atom stereocenters. The summed E-state index contributed by atoms with van der Waals surface area (Å²) < 4.78 is 39.3. The van der Waals surface area contributed by atoms with Gasteiger partial charge in [0.1, 0.15) is 5.69 Å². The average molecular weight is 311 g/mol. The molecule has 0 radical (unpaired) electrons. The van der Waals surface area contributed by atoms with Gasteiger partial charge in [-0.3, -0.25) is 9.89 Å². The number of nitrogens with zero attached hydrogens (tertiary/aromatic N) is 1. The number of H-pyrrole nitrogens is 1. The Hall–Kier alpha value is -2.31. The molecule has 1 aromatic heterocycles. The minimum Gasteiger partial charge on any atom is -0.309 e. The van der Waals surface area contributed by atoms with Crippen molar-refractivity contribution in [1.82, 2.24) is 10.2 Å². The molecule has 0 bridgehead atoms. The van der Waals surface area contributed by atoms with Gasteiger partial charge in [-0.25, -0.2) is 0 Å². The number of nitrogens with one attached hydrogen (secondary N) is 2. The first-order chi connectivity index (χ1) is 10.3. The maximum absolute atomic E-state index is 13.1. The van der Waals surface area contributed by atoms with Crippen LogP contribution in [-0.2, 0) is 11.0 Å². The summed E-state index contributed by atoms with van der Waals surface area (Å²) in [4.78, 5) is 11.8. The molecule has 0 fully saturated rings. The SMILES string of the molecule is CC(C)CC(=O)Nc1n[nH]c(C(F)(F)F)c1-c1ccccc1. The van der Waals surface area contributed by atoms with Crippen LogP contribution in [0.25, 0.3) is 11.1 Å². The maximum Gasteiger partial charge on any atom is 0.433 e. The highest BCUT2D eigenvalue weighted by atomic mass is 19.4. The van der Waals surface area contributed by atoms with Gasteiger partial charge in [-0.2, -0.15) is 18.3 Å². The first kappa shape index (κ1) is 16.1. The van der Waals surface area contributed by atoms with E-state index in [-0.39, 0.29) is 29.6 Å². The molecule has 7 heteroatoms. The summed E-state index contributed by atoms with van der Waals surface area (Å²) in [5.74, 6) is -0.377. The van der Waals surface area contributed by atoms with E-state index in [2.05, 4.69) is 10.4 Å². The largest absolute Gasteiger partial charge is 0.433 e. The van der Waals surface area contributed by atoms with Crippen molar-refractivity contribution in [2.24, 2.45) is 5.92 Å². The summed E-state index contributed by atoms with van der Waals surface area (Å²) in [6.45, 7) is 3.70. The molecule has 4 nitrogen and oxygen atoms in total. The molecule has 2 N–H and O–H groups in total. The topological polar surface area (TPSA) is 57.8 Å². The predicted octanol–water partition coefficient (Wildman–Crippen LogP) is 4.08. The number of hydrogen-bond acceptors (Lipinski definition) is 2. The lowest BCUT2D eigenvalue weighted by Crippen LogP contribution is -2.15. The Morgan fingerprint density at radius 3 is 2.45 bits per heavy atom. The fourth-order valence-electron chi connectivity index (χ4n) is 2.08. The van der Waals surface area contributed by atoms with Crippen molar-refractivity contribution in [2.75, 3.05) is 5.32 Å². The Labute approximate surface area is 125 Å². The van der Waals surface area contributed by atoms with Crippen LogP contribution in [0.4, 0.5) is 19.0 Å². The molecule has 0 unspecified atom stereocenters. The Morgan fingerprint density at radius 1 is 1.27 bits per heavy atom. The van der Waals surface area contributed by atoms with Gasteiger partial charge in [0.15, 0.2) is 5.82 Å². The van der Waals surface area contributed by atoms with Crippen LogP contribution in [0, 0.1) is 5.92 Å². The van der Waals surface area contributed by atoms with Gasteiger partial charge >= 0.3 is 6.18 Å². The number of carbonyl (C=O) groups excluding carboxylic acids is 1. The van der Waals surface area contributed by atoms with Gasteiger partial charge in [0, 0.05) is 6.42 Å². The van der Waals surface area contributed by atoms with Crippen molar-refractivity contribution in [2.45, 2.75) is 26.4 Å². The lowest BCUT2D eigenvalue weighted by atomic mass is 10.0. The molecule has 1 heterocycles. The van der Waals surface area contributed by atoms with Gasteiger partial charge in [0.2, 0.25) is 5.91 Å². The van der Waals surface area contributed by atoms with E-state index in [1.165, 1.54) is 12.1 Å². The van der Waals surface area contributed by atoms with E-state index in [9.17, 15) is 18.0 Å². The zero-order valence-electron chi connectivity index (χ0n) is 12.2. The molecule has 0 saturated carbocycles. The minimum absolute atomic E-state index is 0.0983. The summed E-state index contributed by atoms with van der Waals surface area (Å²) in [7, 11) is 0. The molecular formula is C15H16F3N3O. The molecule has 0 aliphatic heterocycles. The van der Waals surface area contributed by atoms with Gasteiger partial charge in [0.05, 0.1) is 5.56 Å². The van der Waals surface area contributed by atoms with Gasteiger partial charge in [-0.05, 0) is 11.5 Å². The summed E-state index contributed by atoms with van der Waals surface area (Å²) in [5, 5.41) is 8.06. The monoisotopic (exact) mass is 311 g/mol. The minimum atomic E-state index is -4.58. The lowest BCUT2D eigenvalue weighted by molar-refractivity contribution is -0.140. The van der Waals surface area contributed by atoms with Crippen LogP contribution in [0.15, 0.2) is 30.3 Å². The Bertz CT molecular complexity index is 648. The Kier molecular flexibility index (Phi) is 4.54. The van der Waals surface area contributed by atoms with Gasteiger partial charge in [0.25, 0.3) is 0 Å². The highest BCUT2D eigenvalue weighted by Crippen LogP contribution is 2.39. The third kappa shape index (κ3) is 3.66. The van der Waals surface area contributed by atoms with Gasteiger partial charge in [-0.15, -0.1) is 0 Å². The van der Waals surface area contributed by atoms with E-state index in [1.807, 2.05) is 18.9 Å². The van der Waals surface area contributed by atoms with Crippen LogP contribution in [0.5, 0.6) is 0 Å². The van der Waals surface area contributed by atoms with Crippen LogP contribution < -0.4 is 5.32 Å². The van der Waals surface area contributed by atoms with E-state index in [4.69, 9.17) is 0 Å². The molecule has 0 spiro atoms. The maximum atomic E-state index is 13.1. The summed E-state index contributed by atoms with van der Waals surface area (Å²) in [5.41, 5.74) is -0.785. The number of aromatic amines is 1. The number of aromatic nitrogens is 2. The lowest BCUT2D eigenvalue weighted by Gasteiger charge is -2.10. The smallest absolute Gasteiger partial charge is 0.309 e. The quantitative estimate of drug-likeness (QED) is 0.894. The number of rotatable bonds is 4. The first-order valence-electron chi connectivity index (χ1n) is 6.80. The van der Waals surface area contributed by atoms with E-state index in [0.29, 0.717) is 5.56 Å². The van der Waals surface area contributed by atoms with E-state index in [1.54, 1.807) is 18.2 Å². The van der Waals surface area contributed by atoms with Crippen LogP contribution >= 0.6 is 0 Å². The number of benzene rings is 1. The third-order valence-electron chi connectivity index (χ3n) is 2.96. The van der Waals surface area contributed by atoms with E-state index < -0.39 is 11.9 Å². The van der Waals surface area contributed by atoms with Crippen molar-refractivity contribution >= 4 is 11.7 Å². The number of amides is 1. The van der Waals surface area contributed by atoms with E-state index >= 15 is 0 Å². The van der Waals surface area contributed by atoms with Crippen LogP contribution in [0.3, 0.4) is 0 Å². The third-order valence-corrected chi connectivity index (χ3v) is 2.96. The molecule has 1 amide bonds. The number of halogens is 3. The number of alkyl halides is 3. The van der Waals surface area contributed by atoms with Crippen molar-refractivity contribution < 1.29 is 18.0 Å². The van der Waals surface area contributed by atoms with Crippen molar-refractivity contribution in [1.29, 1.82) is 0 Å². The fourth-order valence-corrected chi connectivity index (χ4v) is 2.08.